The molecule has 2 heteroatoms. The summed E-state index contributed by atoms with van der Waals surface area (Å²) < 4.78 is 14.7. The first-order valence-corrected chi connectivity index (χ1v) is 6.04. The van der Waals surface area contributed by atoms with Crippen molar-refractivity contribution in [3.05, 3.63) is 35.4 Å². The molecule has 2 fully saturated rings. The van der Waals surface area contributed by atoms with Crippen LogP contribution in [-0.4, -0.2) is 6.04 Å². The Balaban J connectivity index is 1.80. The highest BCUT2D eigenvalue weighted by Gasteiger charge is 2.61. The molecule has 1 aromatic rings. The average molecular weight is 219 g/mol. The van der Waals surface area contributed by atoms with Gasteiger partial charge in [0.05, 0.1) is 0 Å². The monoisotopic (exact) mass is 219 g/mol. The molecule has 0 aliphatic heterocycles. The van der Waals surface area contributed by atoms with Crippen LogP contribution in [0.25, 0.3) is 0 Å². The smallest absolute Gasteiger partial charge is 0.137 e. The maximum atomic E-state index is 14.7. The van der Waals surface area contributed by atoms with E-state index >= 15 is 0 Å². The second-order valence-electron chi connectivity index (χ2n) is 5.80. The summed E-state index contributed by atoms with van der Waals surface area (Å²) in [6, 6.07) is 8.15. The Morgan fingerprint density at radius 2 is 1.88 bits per heavy atom. The lowest BCUT2D eigenvalue weighted by Crippen LogP contribution is -2.58. The molecule has 2 aliphatic carbocycles. The van der Waals surface area contributed by atoms with E-state index in [0.29, 0.717) is 18.9 Å². The van der Waals surface area contributed by atoms with Gasteiger partial charge in [-0.1, -0.05) is 24.3 Å². The quantitative estimate of drug-likeness (QED) is 0.771. The van der Waals surface area contributed by atoms with Gasteiger partial charge < -0.3 is 5.73 Å². The van der Waals surface area contributed by atoms with Crippen molar-refractivity contribution in [2.24, 2.45) is 11.1 Å². The second kappa shape index (κ2) is 3.07. The van der Waals surface area contributed by atoms with Crippen molar-refractivity contribution in [1.29, 1.82) is 0 Å². The highest BCUT2D eigenvalue weighted by Crippen LogP contribution is 2.65. The molecule has 0 amide bonds. The van der Waals surface area contributed by atoms with Gasteiger partial charge in [-0.3, -0.25) is 0 Å². The standard InChI is InChI=1S/C14H18FN/c1-10-4-2-3-5-12(10)14(15)8-13(9-14)6-11(16)7-13/h2-5,11H,6-9,16H2,1H3. The van der Waals surface area contributed by atoms with Crippen molar-refractivity contribution >= 4 is 0 Å². The molecule has 0 unspecified atom stereocenters. The Kier molecular flexibility index (Phi) is 1.97. The van der Waals surface area contributed by atoms with Crippen molar-refractivity contribution < 1.29 is 4.39 Å². The minimum absolute atomic E-state index is 0.246. The van der Waals surface area contributed by atoms with Gasteiger partial charge in [-0.2, -0.15) is 0 Å². The summed E-state index contributed by atoms with van der Waals surface area (Å²) in [4.78, 5) is 0. The molecule has 2 N–H and O–H groups in total. The van der Waals surface area contributed by atoms with Gasteiger partial charge in [0.1, 0.15) is 5.67 Å². The molecule has 0 saturated heterocycles. The lowest BCUT2D eigenvalue weighted by atomic mass is 9.47. The molecule has 0 aromatic heterocycles. The molecule has 1 spiro atoms. The van der Waals surface area contributed by atoms with Crippen molar-refractivity contribution in [3.63, 3.8) is 0 Å². The SMILES string of the molecule is Cc1ccccc1C1(F)CC2(CC(N)C2)C1. The van der Waals surface area contributed by atoms with Gasteiger partial charge >= 0.3 is 0 Å². The Hall–Kier alpha value is -0.890. The summed E-state index contributed by atoms with van der Waals surface area (Å²) in [5, 5.41) is 0. The van der Waals surface area contributed by atoms with Crippen molar-refractivity contribution in [2.75, 3.05) is 0 Å². The number of aryl methyl sites for hydroxylation is 1. The third-order valence-electron chi connectivity index (χ3n) is 4.33. The molecule has 2 aliphatic rings. The number of rotatable bonds is 1. The normalized spacial score (nSPS) is 41.6. The number of hydrogen-bond acceptors (Lipinski definition) is 1. The number of nitrogens with two attached hydrogens (primary N) is 1. The average Bonchev–Trinajstić information content (AvgIpc) is 2.13. The van der Waals surface area contributed by atoms with E-state index in [1.807, 2.05) is 31.2 Å². The molecule has 1 aromatic carbocycles. The lowest BCUT2D eigenvalue weighted by Gasteiger charge is -2.60. The number of hydrogen-bond donors (Lipinski definition) is 1. The number of halogens is 1. The first-order chi connectivity index (χ1) is 7.53. The molecular formula is C14H18FN. The topological polar surface area (TPSA) is 26.0 Å². The lowest BCUT2D eigenvalue weighted by molar-refractivity contribution is -0.127. The fourth-order valence-corrected chi connectivity index (χ4v) is 3.74. The molecule has 0 radical (unpaired) electrons. The Bertz CT molecular complexity index is 412. The zero-order chi connectivity index (χ0) is 11.4. The van der Waals surface area contributed by atoms with Crippen LogP contribution in [0.1, 0.15) is 36.8 Å². The van der Waals surface area contributed by atoms with Crippen molar-refractivity contribution in [3.8, 4) is 0 Å². The fourth-order valence-electron chi connectivity index (χ4n) is 3.74. The first-order valence-electron chi connectivity index (χ1n) is 6.04. The molecular weight excluding hydrogens is 201 g/mol. The largest absolute Gasteiger partial charge is 0.328 e. The summed E-state index contributed by atoms with van der Waals surface area (Å²) in [6.07, 6.45) is 3.40. The third kappa shape index (κ3) is 1.32. The van der Waals surface area contributed by atoms with E-state index in [4.69, 9.17) is 5.73 Å². The van der Waals surface area contributed by atoms with Crippen LogP contribution < -0.4 is 5.73 Å². The number of benzene rings is 1. The van der Waals surface area contributed by atoms with Gasteiger partial charge in [0.25, 0.3) is 0 Å². The Labute approximate surface area is 95.8 Å². The van der Waals surface area contributed by atoms with E-state index in [0.717, 1.165) is 24.0 Å². The zero-order valence-corrected chi connectivity index (χ0v) is 9.67. The van der Waals surface area contributed by atoms with Crippen LogP contribution in [0.4, 0.5) is 4.39 Å². The van der Waals surface area contributed by atoms with E-state index in [2.05, 4.69) is 0 Å². The second-order valence-corrected chi connectivity index (χ2v) is 5.80. The van der Waals surface area contributed by atoms with Crippen LogP contribution >= 0.6 is 0 Å². The Morgan fingerprint density at radius 3 is 2.44 bits per heavy atom. The van der Waals surface area contributed by atoms with Crippen LogP contribution in [0.2, 0.25) is 0 Å². The van der Waals surface area contributed by atoms with Gasteiger partial charge in [0.2, 0.25) is 0 Å². The zero-order valence-electron chi connectivity index (χ0n) is 9.67. The maximum absolute atomic E-state index is 14.7. The molecule has 86 valence electrons. The predicted octanol–water partition coefficient (Wildman–Crippen LogP) is 3.06. The summed E-state index contributed by atoms with van der Waals surface area (Å²) in [6.45, 7) is 1.99. The van der Waals surface area contributed by atoms with Crippen LogP contribution in [0.5, 0.6) is 0 Å². The molecule has 3 rings (SSSR count). The molecule has 1 nitrogen and oxygen atoms in total. The molecule has 0 bridgehead atoms. The van der Waals surface area contributed by atoms with Crippen LogP contribution in [0.3, 0.4) is 0 Å². The highest BCUT2D eigenvalue weighted by molar-refractivity contribution is 5.35. The maximum Gasteiger partial charge on any atom is 0.137 e. The molecule has 16 heavy (non-hydrogen) atoms. The highest BCUT2D eigenvalue weighted by atomic mass is 19.1. The van der Waals surface area contributed by atoms with Crippen LogP contribution in [-0.2, 0) is 5.67 Å². The summed E-state index contributed by atoms with van der Waals surface area (Å²) >= 11 is 0. The van der Waals surface area contributed by atoms with Crippen molar-refractivity contribution in [2.45, 2.75) is 44.3 Å². The van der Waals surface area contributed by atoms with E-state index in [9.17, 15) is 4.39 Å². The van der Waals surface area contributed by atoms with Gasteiger partial charge in [-0.05, 0) is 49.1 Å². The van der Waals surface area contributed by atoms with Gasteiger partial charge in [0, 0.05) is 6.04 Å². The summed E-state index contributed by atoms with van der Waals surface area (Å²) in [5.74, 6) is 0. The fraction of sp³-hybridized carbons (Fsp3) is 0.571. The molecule has 2 saturated carbocycles. The van der Waals surface area contributed by atoms with E-state index in [1.54, 1.807) is 0 Å². The van der Waals surface area contributed by atoms with Gasteiger partial charge in [0.15, 0.2) is 0 Å². The van der Waals surface area contributed by atoms with E-state index < -0.39 is 5.67 Å². The predicted molar refractivity (Wildman–Crippen MR) is 62.8 cm³/mol. The Morgan fingerprint density at radius 1 is 1.25 bits per heavy atom. The van der Waals surface area contributed by atoms with Crippen LogP contribution in [0, 0.1) is 12.3 Å². The summed E-state index contributed by atoms with van der Waals surface area (Å²) in [5.41, 5.74) is 6.93. The third-order valence-corrected chi connectivity index (χ3v) is 4.33. The first kappa shape index (κ1) is 10.3. The number of alkyl halides is 1. The van der Waals surface area contributed by atoms with Crippen molar-refractivity contribution in [1.82, 2.24) is 0 Å². The minimum atomic E-state index is -1.08. The molecule has 0 heterocycles. The molecule has 0 atom stereocenters. The van der Waals surface area contributed by atoms with Gasteiger partial charge in [-0.25, -0.2) is 4.39 Å². The van der Waals surface area contributed by atoms with E-state index in [-0.39, 0.29) is 5.41 Å². The minimum Gasteiger partial charge on any atom is -0.328 e. The van der Waals surface area contributed by atoms with Crippen LogP contribution in [0.15, 0.2) is 24.3 Å². The van der Waals surface area contributed by atoms with Gasteiger partial charge in [-0.15, -0.1) is 0 Å². The van der Waals surface area contributed by atoms with E-state index in [1.165, 1.54) is 0 Å². The summed E-state index contributed by atoms with van der Waals surface area (Å²) in [7, 11) is 0.